The number of carbonyl (C=O) groups excluding carboxylic acids is 1. The van der Waals surface area contributed by atoms with Crippen LogP contribution in [0.4, 0.5) is 5.13 Å². The summed E-state index contributed by atoms with van der Waals surface area (Å²) in [5, 5.41) is 11.4. The molecule has 0 fully saturated rings. The Morgan fingerprint density at radius 1 is 1.00 bits per heavy atom. The molecule has 5 heteroatoms. The summed E-state index contributed by atoms with van der Waals surface area (Å²) in [6.07, 6.45) is 4.93. The van der Waals surface area contributed by atoms with Crippen molar-refractivity contribution in [1.82, 2.24) is 10.2 Å². The highest BCUT2D eigenvalue weighted by Gasteiger charge is 2.48. The van der Waals surface area contributed by atoms with E-state index in [1.807, 2.05) is 36.4 Å². The van der Waals surface area contributed by atoms with E-state index in [-0.39, 0.29) is 11.8 Å². The van der Waals surface area contributed by atoms with Crippen LogP contribution in [0.25, 0.3) is 12.2 Å². The van der Waals surface area contributed by atoms with Crippen molar-refractivity contribution >= 4 is 34.5 Å². The number of hydrogen-bond donors (Lipinski definition) is 1. The highest BCUT2D eigenvalue weighted by Crippen LogP contribution is 2.51. The summed E-state index contributed by atoms with van der Waals surface area (Å²) < 4.78 is 0. The van der Waals surface area contributed by atoms with Crippen LogP contribution >= 0.6 is 11.3 Å². The van der Waals surface area contributed by atoms with Crippen LogP contribution in [-0.2, 0) is 11.2 Å². The molecular weight excluding hydrogens is 414 g/mol. The Morgan fingerprint density at radius 2 is 1.72 bits per heavy atom. The largest absolute Gasteiger partial charge is 0.300 e. The van der Waals surface area contributed by atoms with E-state index in [4.69, 9.17) is 0 Å². The highest BCUT2D eigenvalue weighted by molar-refractivity contribution is 7.13. The van der Waals surface area contributed by atoms with E-state index in [9.17, 15) is 4.79 Å². The lowest BCUT2D eigenvalue weighted by molar-refractivity contribution is -0.125. The normalized spacial score (nSPS) is 19.7. The maximum Gasteiger partial charge on any atom is 0.233 e. The topological polar surface area (TPSA) is 54.9 Å². The first-order chi connectivity index (χ1) is 15.6. The molecule has 4 aromatic rings. The minimum absolute atomic E-state index is 0.0271. The number of aromatic nitrogens is 2. The molecule has 5 rings (SSSR count). The van der Waals surface area contributed by atoms with Crippen molar-refractivity contribution in [2.24, 2.45) is 5.41 Å². The quantitative estimate of drug-likeness (QED) is 0.387. The molecule has 1 N–H and O–H groups in total. The Balaban J connectivity index is 1.53. The maximum atomic E-state index is 13.5. The molecule has 0 bridgehead atoms. The molecule has 0 saturated heterocycles. The van der Waals surface area contributed by atoms with Gasteiger partial charge in [0.1, 0.15) is 5.51 Å². The fraction of sp³-hybridized carbons (Fsp3) is 0.148. The number of hydrogen-bond acceptors (Lipinski definition) is 4. The van der Waals surface area contributed by atoms with Gasteiger partial charge in [-0.3, -0.25) is 4.79 Å². The second-order valence-electron chi connectivity index (χ2n) is 8.34. The lowest BCUT2D eigenvalue weighted by Crippen LogP contribution is -2.37. The summed E-state index contributed by atoms with van der Waals surface area (Å²) >= 11 is 1.33. The SMILES string of the molecule is C[C@@]1(C(=O)Nc2nncs2)Cc2ccc(C=Cc3ccccc3)cc2[C@@H]1c1ccccc1. The third kappa shape index (κ3) is 3.87. The van der Waals surface area contributed by atoms with E-state index in [1.54, 1.807) is 5.51 Å². The molecule has 0 radical (unpaired) electrons. The number of nitrogens with zero attached hydrogens (tertiary/aromatic N) is 2. The first-order valence-electron chi connectivity index (χ1n) is 10.6. The summed E-state index contributed by atoms with van der Waals surface area (Å²) in [6.45, 7) is 2.06. The van der Waals surface area contributed by atoms with Crippen molar-refractivity contribution in [1.29, 1.82) is 0 Å². The average molecular weight is 438 g/mol. The van der Waals surface area contributed by atoms with Gasteiger partial charge in [-0.15, -0.1) is 10.2 Å². The van der Waals surface area contributed by atoms with Gasteiger partial charge in [0.2, 0.25) is 11.0 Å². The molecule has 32 heavy (non-hydrogen) atoms. The summed E-state index contributed by atoms with van der Waals surface area (Å²) in [6, 6.07) is 27.1. The Morgan fingerprint density at radius 3 is 2.44 bits per heavy atom. The zero-order valence-corrected chi connectivity index (χ0v) is 18.5. The summed E-state index contributed by atoms with van der Waals surface area (Å²) in [5.41, 5.74) is 6.85. The van der Waals surface area contributed by atoms with Gasteiger partial charge in [-0.2, -0.15) is 0 Å². The van der Waals surface area contributed by atoms with Gasteiger partial charge in [0.15, 0.2) is 0 Å². The van der Waals surface area contributed by atoms with Crippen molar-refractivity contribution in [3.63, 3.8) is 0 Å². The fourth-order valence-electron chi connectivity index (χ4n) is 4.62. The van der Waals surface area contributed by atoms with Crippen LogP contribution in [-0.4, -0.2) is 16.1 Å². The monoisotopic (exact) mass is 437 g/mol. The number of fused-ring (bicyclic) bond motifs is 1. The number of anilines is 1. The van der Waals surface area contributed by atoms with Crippen molar-refractivity contribution in [2.45, 2.75) is 19.3 Å². The van der Waals surface area contributed by atoms with E-state index < -0.39 is 5.41 Å². The fourth-order valence-corrected chi connectivity index (χ4v) is 5.06. The van der Waals surface area contributed by atoms with E-state index in [0.717, 1.165) is 16.7 Å². The molecule has 4 nitrogen and oxygen atoms in total. The number of benzene rings is 3. The summed E-state index contributed by atoms with van der Waals surface area (Å²) in [5.74, 6) is -0.0719. The minimum Gasteiger partial charge on any atom is -0.300 e. The Labute approximate surface area is 191 Å². The molecule has 1 aliphatic rings. The van der Waals surface area contributed by atoms with Crippen LogP contribution in [0.5, 0.6) is 0 Å². The lowest BCUT2D eigenvalue weighted by atomic mass is 9.73. The third-order valence-corrected chi connectivity index (χ3v) is 6.78. The third-order valence-electron chi connectivity index (χ3n) is 6.18. The maximum absolute atomic E-state index is 13.5. The molecule has 3 aromatic carbocycles. The first kappa shape index (κ1) is 20.3. The van der Waals surface area contributed by atoms with Crippen molar-refractivity contribution in [2.75, 3.05) is 5.32 Å². The van der Waals surface area contributed by atoms with E-state index in [1.165, 1.54) is 22.5 Å². The van der Waals surface area contributed by atoms with Crippen LogP contribution < -0.4 is 5.32 Å². The Hall–Kier alpha value is -3.57. The van der Waals surface area contributed by atoms with Crippen LogP contribution in [0.2, 0.25) is 0 Å². The zero-order chi connectivity index (χ0) is 22.0. The standard InChI is InChI=1S/C27H23N3OS/c1-27(25(31)29-26-30-28-18-32-26)17-22-15-14-20(13-12-19-8-4-2-5-9-19)16-23(22)24(27)21-10-6-3-7-11-21/h2-16,18,24H,17H2,1H3,(H,29,30,31)/t24-,27+/m0/s1. The molecule has 158 valence electrons. The Bertz CT molecular complexity index is 1250. The summed E-state index contributed by atoms with van der Waals surface area (Å²) in [7, 11) is 0. The van der Waals surface area contributed by atoms with E-state index in [0.29, 0.717) is 11.6 Å². The van der Waals surface area contributed by atoms with Gasteiger partial charge in [0, 0.05) is 5.92 Å². The van der Waals surface area contributed by atoms with E-state index in [2.05, 4.69) is 77.1 Å². The Kier molecular flexibility index (Phi) is 5.41. The molecule has 0 unspecified atom stereocenters. The molecular formula is C27H23N3OS. The highest BCUT2D eigenvalue weighted by atomic mass is 32.1. The van der Waals surface area contributed by atoms with Gasteiger partial charge in [-0.25, -0.2) is 0 Å². The van der Waals surface area contributed by atoms with Crippen LogP contribution in [0, 0.1) is 5.41 Å². The second kappa shape index (κ2) is 8.52. The van der Waals surface area contributed by atoms with Gasteiger partial charge < -0.3 is 5.32 Å². The van der Waals surface area contributed by atoms with Gasteiger partial charge >= 0.3 is 0 Å². The van der Waals surface area contributed by atoms with Gasteiger partial charge in [0.25, 0.3) is 0 Å². The predicted octanol–water partition coefficient (Wildman–Crippen LogP) is 6.04. The molecule has 1 heterocycles. The molecule has 1 amide bonds. The number of carbonyl (C=O) groups is 1. The number of amides is 1. The average Bonchev–Trinajstić information content (AvgIpc) is 3.44. The molecule has 1 aliphatic carbocycles. The molecule has 2 atom stereocenters. The summed E-state index contributed by atoms with van der Waals surface area (Å²) in [4.78, 5) is 13.5. The van der Waals surface area contributed by atoms with Crippen LogP contribution in [0.1, 0.15) is 40.7 Å². The van der Waals surface area contributed by atoms with Crippen LogP contribution in [0.3, 0.4) is 0 Å². The smallest absolute Gasteiger partial charge is 0.233 e. The molecule has 0 aliphatic heterocycles. The molecule has 0 saturated carbocycles. The molecule has 1 aromatic heterocycles. The van der Waals surface area contributed by atoms with Gasteiger partial charge in [-0.1, -0.05) is 102 Å². The van der Waals surface area contributed by atoms with Crippen molar-refractivity contribution < 1.29 is 4.79 Å². The second-order valence-corrected chi connectivity index (χ2v) is 9.17. The first-order valence-corrected chi connectivity index (χ1v) is 11.5. The van der Waals surface area contributed by atoms with Crippen LogP contribution in [0.15, 0.2) is 84.4 Å². The zero-order valence-electron chi connectivity index (χ0n) is 17.7. The predicted molar refractivity (Wildman–Crippen MR) is 130 cm³/mol. The van der Waals surface area contributed by atoms with Crippen molar-refractivity contribution in [3.8, 4) is 0 Å². The number of rotatable bonds is 5. The number of nitrogens with one attached hydrogen (secondary N) is 1. The lowest BCUT2D eigenvalue weighted by Gasteiger charge is -2.30. The minimum atomic E-state index is -0.628. The van der Waals surface area contributed by atoms with E-state index >= 15 is 0 Å². The van der Waals surface area contributed by atoms with Crippen molar-refractivity contribution in [3.05, 3.63) is 112 Å². The molecule has 0 spiro atoms. The van der Waals surface area contributed by atoms with Gasteiger partial charge in [-0.05, 0) is 41.2 Å². The van der Waals surface area contributed by atoms with Gasteiger partial charge in [0.05, 0.1) is 5.41 Å².